The SMILES string of the molecule is COC(=O)c1cccc(S(=O)(=O)N(C)Cc2cccc(OC)c2)c1. The predicted molar refractivity (Wildman–Crippen MR) is 89.4 cm³/mol. The molecule has 128 valence electrons. The summed E-state index contributed by atoms with van der Waals surface area (Å²) in [7, 11) is 0.551. The molecule has 0 aliphatic rings. The lowest BCUT2D eigenvalue weighted by Gasteiger charge is -2.18. The van der Waals surface area contributed by atoms with Gasteiger partial charge in [0.05, 0.1) is 24.7 Å². The lowest BCUT2D eigenvalue weighted by Crippen LogP contribution is -2.26. The number of hydrogen-bond donors (Lipinski definition) is 0. The van der Waals surface area contributed by atoms with Gasteiger partial charge in [0.1, 0.15) is 5.75 Å². The molecule has 0 aliphatic carbocycles. The first-order valence-electron chi connectivity index (χ1n) is 7.16. The van der Waals surface area contributed by atoms with Crippen molar-refractivity contribution in [3.05, 3.63) is 59.7 Å². The van der Waals surface area contributed by atoms with Crippen LogP contribution < -0.4 is 4.74 Å². The molecule has 2 aromatic carbocycles. The number of ether oxygens (including phenoxy) is 2. The number of carbonyl (C=O) groups is 1. The molecule has 0 radical (unpaired) electrons. The van der Waals surface area contributed by atoms with Crippen molar-refractivity contribution in [3.63, 3.8) is 0 Å². The Labute approximate surface area is 141 Å². The lowest BCUT2D eigenvalue weighted by atomic mass is 10.2. The van der Waals surface area contributed by atoms with E-state index in [1.165, 1.54) is 42.7 Å². The third-order valence-corrected chi connectivity index (χ3v) is 5.30. The number of esters is 1. The molecule has 0 spiro atoms. The molecule has 2 aromatic rings. The molecule has 0 saturated heterocycles. The van der Waals surface area contributed by atoms with Crippen molar-refractivity contribution < 1.29 is 22.7 Å². The van der Waals surface area contributed by atoms with Crippen LogP contribution in [0.15, 0.2) is 53.4 Å². The summed E-state index contributed by atoms with van der Waals surface area (Å²) in [5.41, 5.74) is 0.984. The van der Waals surface area contributed by atoms with E-state index in [2.05, 4.69) is 4.74 Å². The van der Waals surface area contributed by atoms with E-state index in [4.69, 9.17) is 4.74 Å². The fraction of sp³-hybridized carbons (Fsp3) is 0.235. The molecule has 0 aliphatic heterocycles. The molecule has 2 rings (SSSR count). The van der Waals surface area contributed by atoms with Gasteiger partial charge >= 0.3 is 5.97 Å². The number of nitrogens with zero attached hydrogens (tertiary/aromatic N) is 1. The minimum absolute atomic E-state index is 0.0378. The first-order chi connectivity index (χ1) is 11.4. The maximum Gasteiger partial charge on any atom is 0.337 e. The summed E-state index contributed by atoms with van der Waals surface area (Å²) >= 11 is 0. The van der Waals surface area contributed by atoms with Gasteiger partial charge in [0.15, 0.2) is 0 Å². The maximum atomic E-state index is 12.7. The van der Waals surface area contributed by atoms with E-state index in [1.807, 2.05) is 6.07 Å². The van der Waals surface area contributed by atoms with E-state index in [-0.39, 0.29) is 17.0 Å². The zero-order valence-corrected chi connectivity index (χ0v) is 14.5. The molecule has 7 heteroatoms. The molecule has 0 heterocycles. The second kappa shape index (κ2) is 7.46. The van der Waals surface area contributed by atoms with Gasteiger partial charge in [0.25, 0.3) is 0 Å². The normalized spacial score (nSPS) is 11.3. The highest BCUT2D eigenvalue weighted by Gasteiger charge is 2.22. The Bertz CT molecular complexity index is 832. The van der Waals surface area contributed by atoms with Crippen molar-refractivity contribution >= 4 is 16.0 Å². The summed E-state index contributed by atoms with van der Waals surface area (Å²) < 4.78 is 36.4. The number of methoxy groups -OCH3 is 2. The van der Waals surface area contributed by atoms with E-state index in [1.54, 1.807) is 25.3 Å². The Hall–Kier alpha value is -2.38. The van der Waals surface area contributed by atoms with E-state index in [9.17, 15) is 13.2 Å². The summed E-state index contributed by atoms with van der Waals surface area (Å²) in [5, 5.41) is 0. The van der Waals surface area contributed by atoms with Gasteiger partial charge in [0.2, 0.25) is 10.0 Å². The molecule has 0 aromatic heterocycles. The van der Waals surface area contributed by atoms with Crippen LogP contribution >= 0.6 is 0 Å². The minimum atomic E-state index is -3.74. The summed E-state index contributed by atoms with van der Waals surface area (Å²) in [6.07, 6.45) is 0. The molecule has 0 atom stereocenters. The van der Waals surface area contributed by atoms with Crippen LogP contribution in [0, 0.1) is 0 Å². The van der Waals surface area contributed by atoms with Crippen LogP contribution in [0.25, 0.3) is 0 Å². The van der Waals surface area contributed by atoms with Gasteiger partial charge in [0, 0.05) is 13.6 Å². The highest BCUT2D eigenvalue weighted by molar-refractivity contribution is 7.89. The molecule has 0 amide bonds. The standard InChI is InChI=1S/C17H19NO5S/c1-18(12-13-6-4-8-15(10-13)22-2)24(20,21)16-9-5-7-14(11-16)17(19)23-3/h4-11H,12H2,1-3H3. The van der Waals surface area contributed by atoms with Crippen LogP contribution in [0.5, 0.6) is 5.75 Å². The number of carbonyl (C=O) groups excluding carboxylic acids is 1. The second-order valence-electron chi connectivity index (χ2n) is 5.13. The average Bonchev–Trinajstić information content (AvgIpc) is 2.61. The van der Waals surface area contributed by atoms with E-state index >= 15 is 0 Å². The van der Waals surface area contributed by atoms with E-state index < -0.39 is 16.0 Å². The first-order valence-corrected chi connectivity index (χ1v) is 8.60. The zero-order valence-electron chi connectivity index (χ0n) is 13.7. The van der Waals surface area contributed by atoms with Crippen molar-refractivity contribution in [2.45, 2.75) is 11.4 Å². The summed E-state index contributed by atoms with van der Waals surface area (Å²) in [6.45, 7) is 0.183. The number of benzene rings is 2. The highest BCUT2D eigenvalue weighted by Crippen LogP contribution is 2.20. The van der Waals surface area contributed by atoms with Crippen molar-refractivity contribution in [1.29, 1.82) is 0 Å². The van der Waals surface area contributed by atoms with Crippen LogP contribution in [-0.2, 0) is 21.3 Å². The van der Waals surface area contributed by atoms with Gasteiger partial charge in [-0.05, 0) is 35.9 Å². The second-order valence-corrected chi connectivity index (χ2v) is 7.18. The molecule has 0 N–H and O–H groups in total. The van der Waals surface area contributed by atoms with Gasteiger partial charge in [-0.1, -0.05) is 18.2 Å². The van der Waals surface area contributed by atoms with Crippen molar-refractivity contribution in [2.24, 2.45) is 0 Å². The molecule has 0 saturated carbocycles. The first kappa shape index (κ1) is 18.0. The van der Waals surface area contributed by atoms with Crippen molar-refractivity contribution in [1.82, 2.24) is 4.31 Å². The quantitative estimate of drug-likeness (QED) is 0.748. The fourth-order valence-corrected chi connectivity index (χ4v) is 3.40. The molecule has 0 fully saturated rings. The van der Waals surface area contributed by atoms with Gasteiger partial charge in [-0.2, -0.15) is 4.31 Å². The summed E-state index contributed by atoms with van der Waals surface area (Å²) in [4.78, 5) is 11.6. The third-order valence-electron chi connectivity index (χ3n) is 3.50. The summed E-state index contributed by atoms with van der Waals surface area (Å²) in [5.74, 6) is 0.0773. The Kier molecular flexibility index (Phi) is 5.58. The van der Waals surface area contributed by atoms with Crippen LogP contribution in [0.1, 0.15) is 15.9 Å². The average molecular weight is 349 g/mol. The van der Waals surface area contributed by atoms with Crippen LogP contribution in [0.3, 0.4) is 0 Å². The Morgan fingerprint density at radius 1 is 1.08 bits per heavy atom. The Morgan fingerprint density at radius 3 is 2.46 bits per heavy atom. The van der Waals surface area contributed by atoms with Gasteiger partial charge in [-0.25, -0.2) is 13.2 Å². The predicted octanol–water partition coefficient (Wildman–Crippen LogP) is 2.30. The van der Waals surface area contributed by atoms with Crippen LogP contribution in [0.2, 0.25) is 0 Å². The van der Waals surface area contributed by atoms with Crippen molar-refractivity contribution in [2.75, 3.05) is 21.3 Å². The zero-order chi connectivity index (χ0) is 17.7. The number of rotatable bonds is 6. The smallest absolute Gasteiger partial charge is 0.337 e. The van der Waals surface area contributed by atoms with Gasteiger partial charge in [-0.15, -0.1) is 0 Å². The largest absolute Gasteiger partial charge is 0.497 e. The lowest BCUT2D eigenvalue weighted by molar-refractivity contribution is 0.0600. The molecular formula is C17H19NO5S. The molecule has 0 unspecified atom stereocenters. The van der Waals surface area contributed by atoms with Gasteiger partial charge in [-0.3, -0.25) is 0 Å². The highest BCUT2D eigenvalue weighted by atomic mass is 32.2. The number of sulfonamides is 1. The topological polar surface area (TPSA) is 72.9 Å². The minimum Gasteiger partial charge on any atom is -0.497 e. The molecule has 0 bridgehead atoms. The fourth-order valence-electron chi connectivity index (χ4n) is 2.19. The van der Waals surface area contributed by atoms with E-state index in [0.29, 0.717) is 5.75 Å². The van der Waals surface area contributed by atoms with Crippen LogP contribution in [0.4, 0.5) is 0 Å². The Morgan fingerprint density at radius 2 is 1.79 bits per heavy atom. The monoisotopic (exact) mass is 349 g/mol. The molecular weight excluding hydrogens is 330 g/mol. The third kappa shape index (κ3) is 3.93. The Balaban J connectivity index is 2.27. The van der Waals surface area contributed by atoms with E-state index in [0.717, 1.165) is 5.56 Å². The summed E-state index contributed by atoms with van der Waals surface area (Å²) in [6, 6.07) is 13.0. The number of hydrogen-bond acceptors (Lipinski definition) is 5. The maximum absolute atomic E-state index is 12.7. The molecule has 6 nitrogen and oxygen atoms in total. The van der Waals surface area contributed by atoms with Crippen molar-refractivity contribution in [3.8, 4) is 5.75 Å². The van der Waals surface area contributed by atoms with Crippen LogP contribution in [-0.4, -0.2) is 40.0 Å². The molecule has 24 heavy (non-hydrogen) atoms. The van der Waals surface area contributed by atoms with Gasteiger partial charge < -0.3 is 9.47 Å².